The van der Waals surface area contributed by atoms with Crippen molar-refractivity contribution < 1.29 is 4.74 Å². The van der Waals surface area contributed by atoms with Gasteiger partial charge in [-0.05, 0) is 50.7 Å². The summed E-state index contributed by atoms with van der Waals surface area (Å²) < 4.78 is 7.07. The fourth-order valence-electron chi connectivity index (χ4n) is 3.32. The second-order valence-electron chi connectivity index (χ2n) is 6.58. The highest BCUT2D eigenvalue weighted by molar-refractivity contribution is 6.30. The number of fused-ring (bicyclic) bond motifs is 1. The van der Waals surface area contributed by atoms with Crippen LogP contribution in [0.25, 0.3) is 17.2 Å². The molecule has 1 N–H and O–H groups in total. The zero-order valence-electron chi connectivity index (χ0n) is 14.8. The molecule has 0 amide bonds. The Kier molecular flexibility index (Phi) is 4.65. The molecular formula is C18H21ClN6O. The van der Waals surface area contributed by atoms with E-state index in [1.54, 1.807) is 23.8 Å². The molecule has 1 fully saturated rings. The Morgan fingerprint density at radius 2 is 2.15 bits per heavy atom. The van der Waals surface area contributed by atoms with Gasteiger partial charge in [0.05, 0.1) is 12.7 Å². The highest BCUT2D eigenvalue weighted by atomic mass is 35.5. The Balaban J connectivity index is 1.62. The molecule has 0 radical (unpaired) electrons. The molecule has 0 saturated carbocycles. The minimum atomic E-state index is 0.405. The van der Waals surface area contributed by atoms with Crippen molar-refractivity contribution in [2.75, 3.05) is 32.6 Å². The molecule has 2 aromatic heterocycles. The number of nitrogens with one attached hydrogen (secondary N) is 1. The molecular weight excluding hydrogens is 352 g/mol. The Hall–Kier alpha value is -2.38. The molecule has 0 bridgehead atoms. The summed E-state index contributed by atoms with van der Waals surface area (Å²) in [4.78, 5) is 11.5. The molecule has 4 rings (SSSR count). The number of ether oxygens (including phenoxy) is 1. The third-order valence-electron chi connectivity index (χ3n) is 4.59. The Morgan fingerprint density at radius 3 is 2.96 bits per heavy atom. The number of piperidine rings is 1. The van der Waals surface area contributed by atoms with Gasteiger partial charge in [-0.1, -0.05) is 11.6 Å². The lowest BCUT2D eigenvalue weighted by Gasteiger charge is -2.30. The maximum atomic E-state index is 6.04. The molecule has 1 saturated heterocycles. The topological polar surface area (TPSA) is 67.6 Å². The van der Waals surface area contributed by atoms with E-state index in [9.17, 15) is 0 Å². The molecule has 26 heavy (non-hydrogen) atoms. The van der Waals surface area contributed by atoms with Crippen LogP contribution in [0.2, 0.25) is 5.02 Å². The van der Waals surface area contributed by atoms with Gasteiger partial charge in [-0.15, -0.1) is 5.10 Å². The van der Waals surface area contributed by atoms with E-state index in [4.69, 9.17) is 16.3 Å². The van der Waals surface area contributed by atoms with Crippen LogP contribution in [0.15, 0.2) is 30.5 Å². The van der Waals surface area contributed by atoms with Gasteiger partial charge < -0.3 is 15.0 Å². The monoisotopic (exact) mass is 372 g/mol. The summed E-state index contributed by atoms with van der Waals surface area (Å²) in [6.45, 7) is 2.17. The van der Waals surface area contributed by atoms with Crippen LogP contribution in [0.1, 0.15) is 12.8 Å². The van der Waals surface area contributed by atoms with Crippen molar-refractivity contribution >= 4 is 23.2 Å². The molecule has 0 spiro atoms. The van der Waals surface area contributed by atoms with E-state index in [0.717, 1.165) is 30.9 Å². The van der Waals surface area contributed by atoms with E-state index >= 15 is 0 Å². The largest absolute Gasteiger partial charge is 0.496 e. The molecule has 1 atom stereocenters. The van der Waals surface area contributed by atoms with Gasteiger partial charge in [0.15, 0.2) is 5.82 Å². The molecule has 1 aliphatic heterocycles. The first-order chi connectivity index (χ1) is 12.6. The maximum Gasteiger partial charge on any atom is 0.254 e. The smallest absolute Gasteiger partial charge is 0.254 e. The summed E-state index contributed by atoms with van der Waals surface area (Å²) in [7, 11) is 3.75. The summed E-state index contributed by atoms with van der Waals surface area (Å²) in [5.74, 6) is 2.56. The number of nitrogens with zero attached hydrogens (tertiary/aromatic N) is 5. The molecule has 8 heteroatoms. The number of hydrogen-bond donors (Lipinski definition) is 1. The molecule has 1 aromatic carbocycles. The predicted octanol–water partition coefficient (Wildman–Crippen LogP) is 2.96. The molecule has 136 valence electrons. The highest BCUT2D eigenvalue weighted by Crippen LogP contribution is 2.30. The van der Waals surface area contributed by atoms with E-state index in [-0.39, 0.29) is 0 Å². The van der Waals surface area contributed by atoms with E-state index in [1.165, 1.54) is 6.42 Å². The Morgan fingerprint density at radius 1 is 1.27 bits per heavy atom. The van der Waals surface area contributed by atoms with Gasteiger partial charge in [0.2, 0.25) is 0 Å². The van der Waals surface area contributed by atoms with Crippen LogP contribution in [0.4, 0.5) is 5.82 Å². The molecule has 1 aliphatic rings. The van der Waals surface area contributed by atoms with E-state index in [1.807, 2.05) is 18.3 Å². The number of hydrogen-bond acceptors (Lipinski definition) is 6. The zero-order valence-corrected chi connectivity index (χ0v) is 15.6. The minimum absolute atomic E-state index is 0.405. The number of likely N-dealkylation sites (tertiary alicyclic amines) is 1. The first-order valence-corrected chi connectivity index (χ1v) is 9.02. The first kappa shape index (κ1) is 17.1. The van der Waals surface area contributed by atoms with Crippen molar-refractivity contribution in [3.05, 3.63) is 35.5 Å². The normalized spacial score (nSPS) is 18.2. The lowest BCUT2D eigenvalue weighted by atomic mass is 10.1. The van der Waals surface area contributed by atoms with E-state index < -0.39 is 0 Å². The molecule has 7 nitrogen and oxygen atoms in total. The molecule has 3 aromatic rings. The zero-order chi connectivity index (χ0) is 18.1. The number of benzene rings is 1. The number of methoxy groups -OCH3 is 1. The Bertz CT molecular complexity index is 927. The average molecular weight is 373 g/mol. The third-order valence-corrected chi connectivity index (χ3v) is 4.82. The van der Waals surface area contributed by atoms with Crippen LogP contribution < -0.4 is 10.1 Å². The van der Waals surface area contributed by atoms with Gasteiger partial charge in [0.25, 0.3) is 5.78 Å². The van der Waals surface area contributed by atoms with Crippen molar-refractivity contribution in [1.29, 1.82) is 0 Å². The fourth-order valence-corrected chi connectivity index (χ4v) is 3.48. The SMILES string of the molecule is COc1cc(Cl)ccc1-c1nc2nc(N[C@@H]3CCCN(C)C3)ccn2n1. The number of aromatic nitrogens is 4. The van der Waals surface area contributed by atoms with Gasteiger partial charge in [-0.3, -0.25) is 0 Å². The van der Waals surface area contributed by atoms with Crippen molar-refractivity contribution in [2.24, 2.45) is 0 Å². The quantitative estimate of drug-likeness (QED) is 0.759. The van der Waals surface area contributed by atoms with Crippen molar-refractivity contribution in [3.63, 3.8) is 0 Å². The average Bonchev–Trinajstić information content (AvgIpc) is 3.04. The molecule has 0 aliphatic carbocycles. The Labute approximate surface area is 157 Å². The molecule has 0 unspecified atom stereocenters. The predicted molar refractivity (Wildman–Crippen MR) is 102 cm³/mol. The third kappa shape index (κ3) is 3.45. The van der Waals surface area contributed by atoms with Gasteiger partial charge >= 0.3 is 0 Å². The van der Waals surface area contributed by atoms with Crippen LogP contribution >= 0.6 is 11.6 Å². The number of halogens is 1. The standard InChI is InChI=1S/C18H21ClN6O/c1-24-8-3-4-13(11-24)20-16-7-9-25-18(21-16)22-17(23-25)14-6-5-12(19)10-15(14)26-2/h5-7,9-10,13H,3-4,8,11H2,1-2H3,(H,20,21,22,23)/t13-/m1/s1. The van der Waals surface area contributed by atoms with Crippen LogP contribution in [0, 0.1) is 0 Å². The van der Waals surface area contributed by atoms with Crippen LogP contribution in [-0.2, 0) is 0 Å². The second-order valence-corrected chi connectivity index (χ2v) is 7.02. The van der Waals surface area contributed by atoms with Crippen molar-refractivity contribution in [1.82, 2.24) is 24.5 Å². The van der Waals surface area contributed by atoms with Gasteiger partial charge in [-0.25, -0.2) is 4.52 Å². The lowest BCUT2D eigenvalue weighted by Crippen LogP contribution is -2.39. The number of anilines is 1. The van der Waals surface area contributed by atoms with Gasteiger partial charge in [0, 0.05) is 23.8 Å². The molecule has 3 heterocycles. The summed E-state index contributed by atoms with van der Waals surface area (Å²) in [5.41, 5.74) is 0.783. The summed E-state index contributed by atoms with van der Waals surface area (Å²) >= 11 is 6.04. The van der Waals surface area contributed by atoms with Crippen LogP contribution in [-0.4, -0.2) is 57.8 Å². The second kappa shape index (κ2) is 7.09. The van der Waals surface area contributed by atoms with Gasteiger partial charge in [-0.2, -0.15) is 9.97 Å². The van der Waals surface area contributed by atoms with E-state index in [0.29, 0.717) is 28.4 Å². The summed E-state index contributed by atoms with van der Waals surface area (Å²) in [5, 5.41) is 8.62. The van der Waals surface area contributed by atoms with Crippen LogP contribution in [0.5, 0.6) is 5.75 Å². The maximum absolute atomic E-state index is 6.04. The number of likely N-dealkylation sites (N-methyl/N-ethyl adjacent to an activating group) is 1. The minimum Gasteiger partial charge on any atom is -0.496 e. The fraction of sp³-hybridized carbons (Fsp3) is 0.389. The van der Waals surface area contributed by atoms with Crippen LogP contribution in [0.3, 0.4) is 0 Å². The van der Waals surface area contributed by atoms with E-state index in [2.05, 4.69) is 32.3 Å². The lowest BCUT2D eigenvalue weighted by molar-refractivity contribution is 0.261. The highest BCUT2D eigenvalue weighted by Gasteiger charge is 2.18. The van der Waals surface area contributed by atoms with Crippen molar-refractivity contribution in [2.45, 2.75) is 18.9 Å². The number of rotatable bonds is 4. The van der Waals surface area contributed by atoms with Gasteiger partial charge in [0.1, 0.15) is 11.6 Å². The summed E-state index contributed by atoms with van der Waals surface area (Å²) in [6.07, 6.45) is 4.22. The summed E-state index contributed by atoms with van der Waals surface area (Å²) in [6, 6.07) is 7.74. The first-order valence-electron chi connectivity index (χ1n) is 8.65. The van der Waals surface area contributed by atoms with Crippen molar-refractivity contribution in [3.8, 4) is 17.1 Å².